The van der Waals surface area contributed by atoms with Crippen molar-refractivity contribution in [1.29, 1.82) is 0 Å². The number of benzene rings is 1. The van der Waals surface area contributed by atoms with Crippen molar-refractivity contribution >= 4 is 23.3 Å². The van der Waals surface area contributed by atoms with E-state index < -0.39 is 6.10 Å². The minimum absolute atomic E-state index is 0.334. The highest BCUT2D eigenvalue weighted by atomic mass is 35.5. The summed E-state index contributed by atoms with van der Waals surface area (Å²) in [5.74, 6) is 0.522. The Kier molecular flexibility index (Phi) is 5.90. The number of aryl methyl sites for hydroxylation is 1. The van der Waals surface area contributed by atoms with E-state index in [2.05, 4.69) is 10.6 Å². The first-order chi connectivity index (χ1) is 11.0. The van der Waals surface area contributed by atoms with E-state index in [-0.39, 0.29) is 6.03 Å². The van der Waals surface area contributed by atoms with Crippen molar-refractivity contribution in [1.82, 2.24) is 9.88 Å². The Hall–Kier alpha value is -2.18. The molecule has 0 saturated heterocycles. The molecule has 0 aliphatic carbocycles. The normalized spacial score (nSPS) is 11.8. The van der Waals surface area contributed by atoms with E-state index in [0.29, 0.717) is 29.4 Å². The summed E-state index contributed by atoms with van der Waals surface area (Å²) in [6.45, 7) is 0.334. The summed E-state index contributed by atoms with van der Waals surface area (Å²) >= 11 is 5.91. The lowest BCUT2D eigenvalue weighted by Gasteiger charge is -2.14. The Morgan fingerprint density at radius 2 is 2.22 bits per heavy atom. The molecule has 2 rings (SSSR count). The van der Waals surface area contributed by atoms with Crippen molar-refractivity contribution in [3.05, 3.63) is 47.2 Å². The highest BCUT2D eigenvalue weighted by Crippen LogP contribution is 2.27. The van der Waals surface area contributed by atoms with Crippen LogP contribution in [0.3, 0.4) is 0 Å². The first-order valence-electron chi connectivity index (χ1n) is 7.19. The molecule has 0 spiro atoms. The van der Waals surface area contributed by atoms with E-state index in [1.807, 2.05) is 29.9 Å². The molecule has 3 N–H and O–H groups in total. The van der Waals surface area contributed by atoms with Crippen LogP contribution in [0.15, 0.2) is 36.5 Å². The lowest BCUT2D eigenvalue weighted by atomic mass is 10.2. The SMILES string of the molecule is COc1ccc(Cl)cc1NC(=O)NCCC(O)c1cccn1C. The number of urea groups is 1. The molecule has 6 nitrogen and oxygen atoms in total. The third-order valence-electron chi connectivity index (χ3n) is 3.44. The molecule has 0 bridgehead atoms. The summed E-state index contributed by atoms with van der Waals surface area (Å²) in [7, 11) is 3.38. The second kappa shape index (κ2) is 7.89. The molecular weight excluding hydrogens is 318 g/mol. The van der Waals surface area contributed by atoms with Crippen molar-refractivity contribution in [3.63, 3.8) is 0 Å². The van der Waals surface area contributed by atoms with Crippen molar-refractivity contribution < 1.29 is 14.6 Å². The van der Waals surface area contributed by atoms with Gasteiger partial charge in [0.05, 0.1) is 18.9 Å². The molecule has 0 aliphatic heterocycles. The van der Waals surface area contributed by atoms with Gasteiger partial charge in [-0.2, -0.15) is 0 Å². The predicted octanol–water partition coefficient (Wildman–Crippen LogP) is 2.93. The molecule has 1 unspecified atom stereocenters. The lowest BCUT2D eigenvalue weighted by Crippen LogP contribution is -2.30. The number of amides is 2. The van der Waals surface area contributed by atoms with Gasteiger partial charge in [0.2, 0.25) is 0 Å². The second-order valence-electron chi connectivity index (χ2n) is 5.07. The van der Waals surface area contributed by atoms with Crippen LogP contribution in [-0.4, -0.2) is 29.4 Å². The Bertz CT molecular complexity index is 672. The summed E-state index contributed by atoms with van der Waals surface area (Å²) in [5.41, 5.74) is 1.30. The van der Waals surface area contributed by atoms with Gasteiger partial charge in [-0.05, 0) is 36.8 Å². The van der Waals surface area contributed by atoms with Crippen LogP contribution in [0, 0.1) is 0 Å². The first kappa shape index (κ1) is 17.2. The number of carbonyl (C=O) groups is 1. The van der Waals surface area contributed by atoms with Crippen molar-refractivity contribution in [2.75, 3.05) is 19.0 Å². The monoisotopic (exact) mass is 337 g/mol. The molecule has 0 fully saturated rings. The standard InChI is InChI=1S/C16H20ClN3O3/c1-20-9-3-4-13(20)14(21)7-8-18-16(22)19-12-10-11(17)5-6-15(12)23-2/h3-6,9-10,14,21H,7-8H2,1-2H3,(H2,18,19,22). The minimum Gasteiger partial charge on any atom is -0.495 e. The van der Waals surface area contributed by atoms with E-state index in [0.717, 1.165) is 5.69 Å². The van der Waals surface area contributed by atoms with Crippen molar-refractivity contribution in [3.8, 4) is 5.75 Å². The molecule has 2 amide bonds. The lowest BCUT2D eigenvalue weighted by molar-refractivity contribution is 0.159. The number of halogens is 1. The maximum absolute atomic E-state index is 11.9. The van der Waals surface area contributed by atoms with E-state index in [9.17, 15) is 9.90 Å². The zero-order chi connectivity index (χ0) is 16.8. The number of hydrogen-bond acceptors (Lipinski definition) is 3. The smallest absolute Gasteiger partial charge is 0.319 e. The number of aromatic nitrogens is 1. The van der Waals surface area contributed by atoms with Crippen LogP contribution < -0.4 is 15.4 Å². The van der Waals surface area contributed by atoms with Crippen LogP contribution in [0.5, 0.6) is 5.75 Å². The zero-order valence-corrected chi connectivity index (χ0v) is 13.8. The Morgan fingerprint density at radius 3 is 2.87 bits per heavy atom. The van der Waals surface area contributed by atoms with Crippen LogP contribution in [0.1, 0.15) is 18.2 Å². The Labute approximate surface area is 140 Å². The molecule has 1 aromatic carbocycles. The molecule has 2 aromatic rings. The molecule has 124 valence electrons. The molecule has 1 aromatic heterocycles. The molecule has 0 aliphatic rings. The fourth-order valence-electron chi connectivity index (χ4n) is 2.24. The minimum atomic E-state index is -0.629. The van der Waals surface area contributed by atoms with Crippen LogP contribution in [0.4, 0.5) is 10.5 Å². The van der Waals surface area contributed by atoms with E-state index in [4.69, 9.17) is 16.3 Å². The third kappa shape index (κ3) is 4.64. The Morgan fingerprint density at radius 1 is 1.43 bits per heavy atom. The molecule has 1 heterocycles. The van der Waals surface area contributed by atoms with Gasteiger partial charge in [0, 0.05) is 30.5 Å². The van der Waals surface area contributed by atoms with Gasteiger partial charge in [0.25, 0.3) is 0 Å². The van der Waals surface area contributed by atoms with Crippen LogP contribution in [0.25, 0.3) is 0 Å². The summed E-state index contributed by atoms with van der Waals surface area (Å²) < 4.78 is 7.01. The van der Waals surface area contributed by atoms with Gasteiger partial charge in [0.1, 0.15) is 5.75 Å². The molecule has 0 saturated carbocycles. The molecule has 23 heavy (non-hydrogen) atoms. The first-order valence-corrected chi connectivity index (χ1v) is 7.56. The zero-order valence-electron chi connectivity index (χ0n) is 13.0. The van der Waals surface area contributed by atoms with Gasteiger partial charge in [-0.3, -0.25) is 0 Å². The van der Waals surface area contributed by atoms with Crippen LogP contribution >= 0.6 is 11.6 Å². The maximum atomic E-state index is 11.9. The highest BCUT2D eigenvalue weighted by Gasteiger charge is 2.12. The average molecular weight is 338 g/mol. The number of nitrogens with one attached hydrogen (secondary N) is 2. The fourth-order valence-corrected chi connectivity index (χ4v) is 2.41. The summed E-state index contributed by atoms with van der Waals surface area (Å²) in [6.07, 6.45) is 1.65. The summed E-state index contributed by atoms with van der Waals surface area (Å²) in [4.78, 5) is 11.9. The van der Waals surface area contributed by atoms with Gasteiger partial charge in [0.15, 0.2) is 0 Å². The number of carbonyl (C=O) groups excluding carboxylic acids is 1. The third-order valence-corrected chi connectivity index (χ3v) is 3.67. The van der Waals surface area contributed by atoms with Crippen LogP contribution in [0.2, 0.25) is 5.02 Å². The highest BCUT2D eigenvalue weighted by molar-refractivity contribution is 6.31. The summed E-state index contributed by atoms with van der Waals surface area (Å²) in [6, 6.07) is 8.30. The van der Waals surface area contributed by atoms with E-state index >= 15 is 0 Å². The number of aliphatic hydroxyl groups is 1. The van der Waals surface area contributed by atoms with Gasteiger partial charge < -0.3 is 25.0 Å². The predicted molar refractivity (Wildman–Crippen MR) is 90.0 cm³/mol. The van der Waals surface area contributed by atoms with E-state index in [1.165, 1.54) is 7.11 Å². The second-order valence-corrected chi connectivity index (χ2v) is 5.51. The molecule has 1 atom stereocenters. The molecule has 0 radical (unpaired) electrons. The number of aliphatic hydroxyl groups excluding tert-OH is 1. The number of anilines is 1. The van der Waals surface area contributed by atoms with Crippen LogP contribution in [-0.2, 0) is 7.05 Å². The van der Waals surface area contributed by atoms with Crippen molar-refractivity contribution in [2.24, 2.45) is 7.05 Å². The topological polar surface area (TPSA) is 75.5 Å². The fraction of sp³-hybridized carbons (Fsp3) is 0.312. The molecule has 7 heteroatoms. The summed E-state index contributed by atoms with van der Waals surface area (Å²) in [5, 5.41) is 16.0. The number of nitrogens with zero attached hydrogens (tertiary/aromatic N) is 1. The molecular formula is C16H20ClN3O3. The number of methoxy groups -OCH3 is 1. The van der Waals surface area contributed by atoms with Crippen molar-refractivity contribution in [2.45, 2.75) is 12.5 Å². The number of ether oxygens (including phenoxy) is 1. The number of hydrogen-bond donors (Lipinski definition) is 3. The quantitative estimate of drug-likeness (QED) is 0.758. The number of rotatable bonds is 6. The van der Waals surface area contributed by atoms with E-state index in [1.54, 1.807) is 18.2 Å². The van der Waals surface area contributed by atoms with Gasteiger partial charge >= 0.3 is 6.03 Å². The largest absolute Gasteiger partial charge is 0.495 e. The van der Waals surface area contributed by atoms with Gasteiger partial charge in [-0.15, -0.1) is 0 Å². The van der Waals surface area contributed by atoms with Gasteiger partial charge in [-0.1, -0.05) is 11.6 Å². The Balaban J connectivity index is 1.84. The maximum Gasteiger partial charge on any atom is 0.319 e. The average Bonchev–Trinajstić information content (AvgIpc) is 2.93. The van der Waals surface area contributed by atoms with Gasteiger partial charge in [-0.25, -0.2) is 4.79 Å².